The predicted octanol–water partition coefficient (Wildman–Crippen LogP) is 3.00. The molecule has 2 rings (SSSR count). The molecular formula is C16H23NO5. The van der Waals surface area contributed by atoms with Crippen molar-refractivity contribution in [2.75, 3.05) is 6.61 Å². The van der Waals surface area contributed by atoms with Crippen LogP contribution in [-0.4, -0.2) is 29.6 Å². The Morgan fingerprint density at radius 3 is 2.64 bits per heavy atom. The number of carbonyl (C=O) groups excluding carboxylic acids is 2. The Morgan fingerprint density at radius 2 is 2.05 bits per heavy atom. The van der Waals surface area contributed by atoms with E-state index < -0.39 is 12.1 Å². The van der Waals surface area contributed by atoms with Crippen molar-refractivity contribution in [2.24, 2.45) is 5.41 Å². The van der Waals surface area contributed by atoms with Gasteiger partial charge >= 0.3 is 5.97 Å². The van der Waals surface area contributed by atoms with Gasteiger partial charge in [0.25, 0.3) is 0 Å². The van der Waals surface area contributed by atoms with Gasteiger partial charge in [-0.3, -0.25) is 4.79 Å². The van der Waals surface area contributed by atoms with E-state index >= 15 is 0 Å². The summed E-state index contributed by atoms with van der Waals surface area (Å²) in [5.74, 6) is 0.0412. The van der Waals surface area contributed by atoms with Crippen molar-refractivity contribution in [3.8, 4) is 0 Å². The van der Waals surface area contributed by atoms with E-state index in [1.54, 1.807) is 13.8 Å². The third-order valence-corrected chi connectivity index (χ3v) is 3.84. The van der Waals surface area contributed by atoms with Crippen molar-refractivity contribution in [3.63, 3.8) is 0 Å². The van der Waals surface area contributed by atoms with Gasteiger partial charge in [0, 0.05) is 18.4 Å². The molecule has 122 valence electrons. The molecule has 0 N–H and O–H groups in total. The van der Waals surface area contributed by atoms with Crippen LogP contribution in [0.4, 0.5) is 0 Å². The second-order valence-corrected chi connectivity index (χ2v) is 6.67. The predicted molar refractivity (Wildman–Crippen MR) is 78.5 cm³/mol. The van der Waals surface area contributed by atoms with Crippen LogP contribution in [0, 0.1) is 12.3 Å². The average Bonchev–Trinajstić information content (AvgIpc) is 2.79. The summed E-state index contributed by atoms with van der Waals surface area (Å²) >= 11 is 0. The van der Waals surface area contributed by atoms with E-state index in [4.69, 9.17) is 14.0 Å². The molecule has 0 aromatic carbocycles. The first-order valence-electron chi connectivity index (χ1n) is 7.54. The Hall–Kier alpha value is -1.69. The molecular weight excluding hydrogens is 286 g/mol. The second kappa shape index (κ2) is 6.20. The number of esters is 1. The smallest absolute Gasteiger partial charge is 0.360 e. The Morgan fingerprint density at radius 1 is 1.36 bits per heavy atom. The molecule has 0 aliphatic carbocycles. The molecule has 1 aliphatic rings. The third kappa shape index (κ3) is 3.38. The van der Waals surface area contributed by atoms with Crippen LogP contribution < -0.4 is 0 Å². The summed E-state index contributed by atoms with van der Waals surface area (Å²) in [5, 5.41) is 3.78. The lowest BCUT2D eigenvalue weighted by molar-refractivity contribution is -0.148. The molecule has 1 saturated heterocycles. The molecule has 0 amide bonds. The SMILES string of the molecule is CCOC(=O)c1noc([C@@H]2CC(=O)C[C@H](C(C)(C)C)O2)c1C. The second-order valence-electron chi connectivity index (χ2n) is 6.67. The molecule has 6 heteroatoms. The van der Waals surface area contributed by atoms with Gasteiger partial charge in [-0.15, -0.1) is 0 Å². The van der Waals surface area contributed by atoms with E-state index in [-0.39, 0.29) is 36.0 Å². The summed E-state index contributed by atoms with van der Waals surface area (Å²) in [7, 11) is 0. The average molecular weight is 309 g/mol. The Labute approximate surface area is 130 Å². The van der Waals surface area contributed by atoms with Gasteiger partial charge in [0.15, 0.2) is 11.5 Å². The minimum atomic E-state index is -0.524. The molecule has 0 unspecified atom stereocenters. The van der Waals surface area contributed by atoms with Gasteiger partial charge in [-0.2, -0.15) is 0 Å². The van der Waals surface area contributed by atoms with E-state index in [1.807, 2.05) is 20.8 Å². The largest absolute Gasteiger partial charge is 0.461 e. The first-order valence-corrected chi connectivity index (χ1v) is 7.54. The number of Topliss-reactive ketones (excluding diaryl/α,β-unsaturated/α-hetero) is 1. The summed E-state index contributed by atoms with van der Waals surface area (Å²) < 4.78 is 16.3. The number of ether oxygens (including phenoxy) is 2. The van der Waals surface area contributed by atoms with Gasteiger partial charge in [0.1, 0.15) is 11.9 Å². The molecule has 1 aliphatic heterocycles. The summed E-state index contributed by atoms with van der Waals surface area (Å²) in [4.78, 5) is 23.8. The van der Waals surface area contributed by atoms with Crippen molar-refractivity contribution in [3.05, 3.63) is 17.0 Å². The summed E-state index contributed by atoms with van der Waals surface area (Å²) in [6, 6.07) is 0. The van der Waals surface area contributed by atoms with Crippen LogP contribution in [0.2, 0.25) is 0 Å². The topological polar surface area (TPSA) is 78.6 Å². The maximum atomic E-state index is 12.0. The zero-order chi connectivity index (χ0) is 16.5. The zero-order valence-electron chi connectivity index (χ0n) is 13.8. The number of ketones is 1. The Kier molecular flexibility index (Phi) is 4.70. The summed E-state index contributed by atoms with van der Waals surface area (Å²) in [6.07, 6.45) is -0.0431. The standard InChI is InChI=1S/C16H23NO5/c1-6-20-15(19)13-9(2)14(22-17-13)11-7-10(18)8-12(21-11)16(3,4)5/h11-12H,6-8H2,1-5H3/t11-,12+/m0/s1. The van der Waals surface area contributed by atoms with Gasteiger partial charge in [-0.05, 0) is 19.3 Å². The van der Waals surface area contributed by atoms with E-state index in [1.165, 1.54) is 0 Å². The summed E-state index contributed by atoms with van der Waals surface area (Å²) in [5.41, 5.74) is 0.572. The number of nitrogens with zero attached hydrogens (tertiary/aromatic N) is 1. The van der Waals surface area contributed by atoms with E-state index in [9.17, 15) is 9.59 Å². The molecule has 6 nitrogen and oxygen atoms in total. The highest BCUT2D eigenvalue weighted by molar-refractivity contribution is 5.89. The highest BCUT2D eigenvalue weighted by Crippen LogP contribution is 2.38. The Bertz CT molecular complexity index is 570. The van der Waals surface area contributed by atoms with Crippen LogP contribution >= 0.6 is 0 Å². The van der Waals surface area contributed by atoms with Crippen LogP contribution in [0.1, 0.15) is 68.5 Å². The highest BCUT2D eigenvalue weighted by Gasteiger charge is 2.38. The van der Waals surface area contributed by atoms with Crippen molar-refractivity contribution >= 4 is 11.8 Å². The molecule has 0 saturated carbocycles. The minimum absolute atomic E-state index is 0.129. The fourth-order valence-corrected chi connectivity index (χ4v) is 2.49. The number of hydrogen-bond donors (Lipinski definition) is 0. The molecule has 0 spiro atoms. The van der Waals surface area contributed by atoms with Crippen molar-refractivity contribution in [1.82, 2.24) is 5.16 Å². The molecule has 1 aromatic rings. The molecule has 1 aromatic heterocycles. The van der Waals surface area contributed by atoms with Crippen LogP contribution in [0.5, 0.6) is 0 Å². The fourth-order valence-electron chi connectivity index (χ4n) is 2.49. The fraction of sp³-hybridized carbons (Fsp3) is 0.688. The lowest BCUT2D eigenvalue weighted by Crippen LogP contribution is -2.37. The third-order valence-electron chi connectivity index (χ3n) is 3.84. The van der Waals surface area contributed by atoms with E-state index in [2.05, 4.69) is 5.16 Å². The first kappa shape index (κ1) is 16.7. The van der Waals surface area contributed by atoms with E-state index in [0.29, 0.717) is 17.7 Å². The number of carbonyl (C=O) groups is 2. The normalized spacial score (nSPS) is 22.7. The molecule has 2 atom stereocenters. The van der Waals surface area contributed by atoms with Crippen LogP contribution in [-0.2, 0) is 14.3 Å². The maximum Gasteiger partial charge on any atom is 0.360 e. The first-order chi connectivity index (χ1) is 10.2. The van der Waals surface area contributed by atoms with Gasteiger partial charge in [-0.1, -0.05) is 25.9 Å². The minimum Gasteiger partial charge on any atom is -0.461 e. The number of aromatic nitrogens is 1. The zero-order valence-corrected chi connectivity index (χ0v) is 13.8. The van der Waals surface area contributed by atoms with Crippen LogP contribution in [0.3, 0.4) is 0 Å². The lowest BCUT2D eigenvalue weighted by Gasteiger charge is -2.36. The Balaban J connectivity index is 2.24. The number of hydrogen-bond acceptors (Lipinski definition) is 6. The van der Waals surface area contributed by atoms with Gasteiger partial charge < -0.3 is 14.0 Å². The van der Waals surface area contributed by atoms with Crippen molar-refractivity contribution < 1.29 is 23.6 Å². The quantitative estimate of drug-likeness (QED) is 0.799. The molecule has 1 fully saturated rings. The van der Waals surface area contributed by atoms with Gasteiger partial charge in [0.05, 0.1) is 12.7 Å². The lowest BCUT2D eigenvalue weighted by atomic mass is 9.83. The van der Waals surface area contributed by atoms with Crippen molar-refractivity contribution in [1.29, 1.82) is 0 Å². The number of rotatable bonds is 3. The molecule has 0 radical (unpaired) electrons. The van der Waals surface area contributed by atoms with Crippen LogP contribution in [0.15, 0.2) is 4.52 Å². The maximum absolute atomic E-state index is 12.0. The molecule has 0 bridgehead atoms. The van der Waals surface area contributed by atoms with Gasteiger partial charge in [0.2, 0.25) is 0 Å². The molecule has 2 heterocycles. The monoisotopic (exact) mass is 309 g/mol. The van der Waals surface area contributed by atoms with E-state index in [0.717, 1.165) is 0 Å². The van der Waals surface area contributed by atoms with Crippen LogP contribution in [0.25, 0.3) is 0 Å². The molecule has 22 heavy (non-hydrogen) atoms. The summed E-state index contributed by atoms with van der Waals surface area (Å²) in [6.45, 7) is 9.82. The van der Waals surface area contributed by atoms with Crippen molar-refractivity contribution in [2.45, 2.75) is 59.7 Å². The highest BCUT2D eigenvalue weighted by atomic mass is 16.5. The van der Waals surface area contributed by atoms with Gasteiger partial charge in [-0.25, -0.2) is 4.79 Å².